The fourth-order valence-electron chi connectivity index (χ4n) is 3.29. The minimum Gasteiger partial charge on any atom is -0.376 e. The summed E-state index contributed by atoms with van der Waals surface area (Å²) in [4.78, 5) is 22.7. The molecule has 10 nitrogen and oxygen atoms in total. The second-order valence-electron chi connectivity index (χ2n) is 7.86. The molecule has 1 heterocycles. The summed E-state index contributed by atoms with van der Waals surface area (Å²) in [5.41, 5.74) is -8.96. The Morgan fingerprint density at radius 2 is 1.70 bits per heavy atom. The number of nitro benzene ring substituents is 1. The number of anilines is 1. The molecule has 0 fully saturated rings. The Labute approximate surface area is 203 Å². The van der Waals surface area contributed by atoms with E-state index in [1.165, 1.54) is 20.9 Å². The molecule has 0 saturated heterocycles. The Morgan fingerprint density at radius 3 is 2.24 bits per heavy atom. The maximum Gasteiger partial charge on any atom is 0.534 e. The Kier molecular flexibility index (Phi) is 6.89. The number of rotatable bonds is 6. The first-order chi connectivity index (χ1) is 16.8. The van der Waals surface area contributed by atoms with Crippen LogP contribution in [-0.2, 0) is 23.3 Å². The summed E-state index contributed by atoms with van der Waals surface area (Å²) in [6, 6.07) is 2.65. The van der Waals surface area contributed by atoms with E-state index in [1.807, 2.05) is 0 Å². The van der Waals surface area contributed by atoms with Crippen LogP contribution in [0, 0.1) is 17.0 Å². The number of aryl methyl sites for hydroxylation is 2. The van der Waals surface area contributed by atoms with Crippen LogP contribution >= 0.6 is 0 Å². The van der Waals surface area contributed by atoms with Crippen molar-refractivity contribution in [2.75, 3.05) is 5.32 Å². The van der Waals surface area contributed by atoms with E-state index >= 15 is 0 Å². The number of hydrogen-bond donors (Lipinski definition) is 1. The van der Waals surface area contributed by atoms with Crippen LogP contribution in [-0.4, -0.2) is 28.6 Å². The van der Waals surface area contributed by atoms with Crippen molar-refractivity contribution in [1.29, 1.82) is 0 Å². The zero-order valence-electron chi connectivity index (χ0n) is 18.9. The maximum absolute atomic E-state index is 13.3. The van der Waals surface area contributed by atoms with Gasteiger partial charge in [-0.2, -0.15) is 39.9 Å². The normalized spacial score (nSPS) is 13.4. The third kappa shape index (κ3) is 5.60. The highest BCUT2D eigenvalue weighted by Crippen LogP contribution is 2.36. The van der Waals surface area contributed by atoms with Gasteiger partial charge in [-0.15, -0.1) is 0 Å². The van der Waals surface area contributed by atoms with Crippen molar-refractivity contribution in [3.63, 3.8) is 0 Å². The smallest absolute Gasteiger partial charge is 0.376 e. The summed E-state index contributed by atoms with van der Waals surface area (Å²) in [6.07, 6.45) is -4.91. The molecule has 17 heteroatoms. The maximum atomic E-state index is 13.3. The molecule has 1 atom stereocenters. The van der Waals surface area contributed by atoms with Gasteiger partial charge in [0.05, 0.1) is 21.9 Å². The lowest BCUT2D eigenvalue weighted by Crippen LogP contribution is -2.28. The molecule has 0 unspecified atom stereocenters. The molecule has 2 aromatic carbocycles. The highest BCUT2D eigenvalue weighted by atomic mass is 32.2. The molecular weight excluding hydrogens is 538 g/mol. The van der Waals surface area contributed by atoms with Gasteiger partial charge in [-0.25, -0.2) is 4.68 Å². The number of aromatic nitrogens is 2. The molecule has 0 amide bonds. The third-order valence-electron chi connectivity index (χ3n) is 5.16. The summed E-state index contributed by atoms with van der Waals surface area (Å²) in [5.74, 6) is -1.02. The highest BCUT2D eigenvalue weighted by Gasteiger charge is 2.48. The predicted octanol–water partition coefficient (Wildman–Crippen LogP) is 4.57. The van der Waals surface area contributed by atoms with Crippen molar-refractivity contribution in [1.82, 2.24) is 9.78 Å². The van der Waals surface area contributed by atoms with E-state index in [4.69, 9.17) is 0 Å². The van der Waals surface area contributed by atoms with Gasteiger partial charge in [0.25, 0.3) is 11.2 Å². The third-order valence-corrected chi connectivity index (χ3v) is 6.12. The number of halogens is 6. The quantitative estimate of drug-likeness (QED) is 0.154. The van der Waals surface area contributed by atoms with Crippen molar-refractivity contribution in [3.8, 4) is 5.75 Å². The van der Waals surface area contributed by atoms with E-state index in [0.717, 1.165) is 22.9 Å². The molecule has 1 N–H and O–H groups in total. The first-order valence-electron chi connectivity index (χ1n) is 9.97. The number of hydrogen-bond acceptors (Lipinski definition) is 8. The molecular formula is C20H16F6N4O6S. The Balaban J connectivity index is 2.16. The van der Waals surface area contributed by atoms with Gasteiger partial charge in [0, 0.05) is 24.6 Å². The molecule has 0 radical (unpaired) electrons. The largest absolute Gasteiger partial charge is 0.534 e. The standard InChI is InChI=1S/C20H16F6N4O6S/c1-9-4-15-14(8-16(9)36-37(34,35)20(24,25)26)17(28-29(3)18(15)31)27-10(2)11-5-12(19(21,22)23)7-13(6-11)30(32)33/h4-8,10H,1-3H3,(H,27,28)/t10-/m1/s1. The van der Waals surface area contributed by atoms with Crippen LogP contribution in [0.4, 0.5) is 37.8 Å². The van der Waals surface area contributed by atoms with Gasteiger partial charge in [-0.3, -0.25) is 14.9 Å². The lowest BCUT2D eigenvalue weighted by Gasteiger charge is -2.19. The van der Waals surface area contributed by atoms with Crippen molar-refractivity contribution >= 4 is 32.4 Å². The highest BCUT2D eigenvalue weighted by molar-refractivity contribution is 7.88. The average Bonchev–Trinajstić information content (AvgIpc) is 2.76. The molecule has 0 bridgehead atoms. The number of nitro groups is 1. The van der Waals surface area contributed by atoms with Crippen LogP contribution in [0.1, 0.15) is 29.7 Å². The summed E-state index contributed by atoms with van der Waals surface area (Å²) < 4.78 is 106. The summed E-state index contributed by atoms with van der Waals surface area (Å²) in [6.45, 7) is 2.51. The molecule has 0 aliphatic carbocycles. The SMILES string of the molecule is Cc1cc2c(=O)n(C)nc(N[C@H](C)c3cc([N+](=O)[O-])cc(C(F)(F)F)c3)c2cc1OS(=O)(=O)C(F)(F)F. The first-order valence-corrected chi connectivity index (χ1v) is 11.4. The van der Waals surface area contributed by atoms with Crippen molar-refractivity contribution < 1.29 is 43.9 Å². The van der Waals surface area contributed by atoms with Gasteiger partial charge in [0.15, 0.2) is 5.82 Å². The second-order valence-corrected chi connectivity index (χ2v) is 9.40. The number of alkyl halides is 6. The Hall–Kier alpha value is -3.89. The lowest BCUT2D eigenvalue weighted by molar-refractivity contribution is -0.385. The zero-order chi connectivity index (χ0) is 28.1. The average molecular weight is 554 g/mol. The van der Waals surface area contributed by atoms with Crippen LogP contribution in [0.2, 0.25) is 0 Å². The van der Waals surface area contributed by atoms with Crippen LogP contribution < -0.4 is 15.1 Å². The van der Waals surface area contributed by atoms with Gasteiger partial charge < -0.3 is 9.50 Å². The molecule has 3 rings (SSSR count). The molecule has 37 heavy (non-hydrogen) atoms. The molecule has 3 aromatic rings. The topological polar surface area (TPSA) is 133 Å². The van der Waals surface area contributed by atoms with Gasteiger partial charge in [-0.05, 0) is 43.2 Å². The fraction of sp³-hybridized carbons (Fsp3) is 0.300. The van der Waals surface area contributed by atoms with Crippen LogP contribution in [0.25, 0.3) is 10.8 Å². The van der Waals surface area contributed by atoms with E-state index < -0.39 is 55.3 Å². The van der Waals surface area contributed by atoms with Gasteiger partial charge in [-0.1, -0.05) is 0 Å². The van der Waals surface area contributed by atoms with Crippen LogP contribution in [0.3, 0.4) is 0 Å². The monoisotopic (exact) mass is 554 g/mol. The Bertz CT molecular complexity index is 1570. The van der Waals surface area contributed by atoms with E-state index in [1.54, 1.807) is 0 Å². The minimum absolute atomic E-state index is 0.128. The molecule has 0 aliphatic rings. The first kappa shape index (κ1) is 27.7. The van der Waals surface area contributed by atoms with Crippen molar-refractivity contribution in [2.45, 2.75) is 31.6 Å². The minimum atomic E-state index is -6.07. The zero-order valence-corrected chi connectivity index (χ0v) is 19.7. The number of fused-ring (bicyclic) bond motifs is 1. The molecule has 200 valence electrons. The predicted molar refractivity (Wildman–Crippen MR) is 117 cm³/mol. The molecule has 0 saturated carbocycles. The number of benzene rings is 2. The molecule has 0 spiro atoms. The van der Waals surface area contributed by atoms with Gasteiger partial charge in [0.2, 0.25) is 0 Å². The number of nitrogens with zero attached hydrogens (tertiary/aromatic N) is 3. The second kappa shape index (κ2) is 9.20. The summed E-state index contributed by atoms with van der Waals surface area (Å²) >= 11 is 0. The van der Waals surface area contributed by atoms with Crippen molar-refractivity contribution in [2.24, 2.45) is 7.05 Å². The van der Waals surface area contributed by atoms with E-state index in [-0.39, 0.29) is 27.7 Å². The van der Waals surface area contributed by atoms with E-state index in [2.05, 4.69) is 14.6 Å². The summed E-state index contributed by atoms with van der Waals surface area (Å²) in [7, 11) is -4.84. The van der Waals surface area contributed by atoms with Crippen molar-refractivity contribution in [3.05, 3.63) is 67.5 Å². The number of non-ortho nitro benzene ring substituents is 1. The number of nitrogens with one attached hydrogen (secondary N) is 1. The molecule has 0 aliphatic heterocycles. The van der Waals surface area contributed by atoms with Gasteiger partial charge in [0.1, 0.15) is 5.75 Å². The van der Waals surface area contributed by atoms with Crippen LogP contribution in [0.15, 0.2) is 35.1 Å². The van der Waals surface area contributed by atoms with E-state index in [9.17, 15) is 49.7 Å². The van der Waals surface area contributed by atoms with Gasteiger partial charge >= 0.3 is 21.8 Å². The van der Waals surface area contributed by atoms with E-state index in [0.29, 0.717) is 12.1 Å². The summed E-state index contributed by atoms with van der Waals surface area (Å²) in [5, 5.41) is 17.4. The Morgan fingerprint density at radius 1 is 1.08 bits per heavy atom. The van der Waals surface area contributed by atoms with Crippen LogP contribution in [0.5, 0.6) is 5.75 Å². The lowest BCUT2D eigenvalue weighted by atomic mass is 10.0. The molecule has 1 aromatic heterocycles. The fourth-order valence-corrected chi connectivity index (χ4v) is 3.80.